The first-order valence-corrected chi connectivity index (χ1v) is 37.2. The lowest BCUT2D eigenvalue weighted by Gasteiger charge is -2.46. The van der Waals surface area contributed by atoms with E-state index in [0.29, 0.717) is 32.1 Å². The lowest BCUT2D eigenvalue weighted by molar-refractivity contribution is -0.341. The molecular weight excluding hydrogens is 1490 g/mol. The van der Waals surface area contributed by atoms with Crippen LogP contribution in [0.1, 0.15) is 154 Å². The Morgan fingerprint density at radius 2 is 0.635 bits per heavy atom. The molecule has 0 bridgehead atoms. The molecule has 1 fully saturated rings. The number of aliphatic carboxylic acids is 1. The standard InChI is InChI=1S/C87H88O28/c1-56(88)106-72-68(55-105-85(100)74(114-83(98)64-45-27-13-28-46-64)70(111-81(96)62-41-23-11-24-42-62)66(108-79(94)60-37-19-9-20-38-60)50-53-102-77(92)58-33-15-7-16-34-58)110-87(104-52-32-6-4-3-5-31-49-69(90)91)76(107-57(2)89)73(72)113-86(101)75(115-84(99)65-47-29-14-30-48-65)71(112-82(97)63-43-25-12-26-44-63)67(109-80(95)61-39-21-10-22-40-61)51-54-103-78(93)59-35-17-8-18-36-59/h7-30,33-48,66-68,70-76,85-87,100-101H,3-6,31-32,49-55H2,1-2H3,(H,90,91). The number of unbranched alkanes of at least 4 members (excludes halogenated alkanes) is 5. The van der Waals surface area contributed by atoms with Crippen molar-refractivity contribution in [3.8, 4) is 0 Å². The first-order valence-electron chi connectivity index (χ1n) is 37.2. The van der Waals surface area contributed by atoms with E-state index in [1.807, 2.05) is 0 Å². The van der Waals surface area contributed by atoms with Crippen LogP contribution in [0.25, 0.3) is 0 Å². The molecule has 0 amide bonds. The summed E-state index contributed by atoms with van der Waals surface area (Å²) in [7, 11) is 0. The first-order chi connectivity index (χ1) is 55.7. The van der Waals surface area contributed by atoms with Crippen molar-refractivity contribution in [1.29, 1.82) is 0 Å². The maximum Gasteiger partial charge on any atom is 0.338 e. The highest BCUT2D eigenvalue weighted by Crippen LogP contribution is 2.35. The Hall–Kier alpha value is -12.3. The van der Waals surface area contributed by atoms with Gasteiger partial charge in [0.25, 0.3) is 0 Å². The summed E-state index contributed by atoms with van der Waals surface area (Å²) >= 11 is 0. The highest BCUT2D eigenvalue weighted by atomic mass is 16.8. The second-order valence-electron chi connectivity index (χ2n) is 26.2. The number of hydrogen-bond donors (Lipinski definition) is 3. The van der Waals surface area contributed by atoms with Crippen molar-refractivity contribution in [2.75, 3.05) is 26.4 Å². The Kier molecular flexibility index (Phi) is 34.2. The van der Waals surface area contributed by atoms with Crippen LogP contribution in [0, 0.1) is 0 Å². The van der Waals surface area contributed by atoms with Gasteiger partial charge in [0, 0.05) is 39.7 Å². The van der Waals surface area contributed by atoms with E-state index < -0.39 is 178 Å². The molecule has 0 aliphatic carbocycles. The van der Waals surface area contributed by atoms with Crippen molar-refractivity contribution in [3.63, 3.8) is 0 Å². The number of ether oxygens (including phenoxy) is 14. The Morgan fingerprint density at radius 1 is 0.339 bits per heavy atom. The third kappa shape index (κ3) is 27.2. The van der Waals surface area contributed by atoms with Gasteiger partial charge in [-0.15, -0.1) is 0 Å². The number of carboxylic acid groups (broad SMARTS) is 1. The smallest absolute Gasteiger partial charge is 0.338 e. The van der Waals surface area contributed by atoms with Crippen LogP contribution in [0.2, 0.25) is 0 Å². The first kappa shape index (κ1) is 86.7. The van der Waals surface area contributed by atoms with Gasteiger partial charge in [-0.1, -0.05) is 171 Å². The predicted molar refractivity (Wildman–Crippen MR) is 405 cm³/mol. The molecule has 0 aromatic heterocycles. The van der Waals surface area contributed by atoms with E-state index in [0.717, 1.165) is 13.8 Å². The van der Waals surface area contributed by atoms with Crippen LogP contribution in [0.15, 0.2) is 243 Å². The van der Waals surface area contributed by atoms with Crippen molar-refractivity contribution < 1.29 is 134 Å². The summed E-state index contributed by atoms with van der Waals surface area (Å²) in [5, 5.41) is 35.5. The van der Waals surface area contributed by atoms with Crippen LogP contribution in [0.5, 0.6) is 0 Å². The third-order valence-corrected chi connectivity index (χ3v) is 17.8. The van der Waals surface area contributed by atoms with Crippen LogP contribution in [-0.2, 0) is 80.7 Å². The van der Waals surface area contributed by atoms with E-state index in [1.165, 1.54) is 170 Å². The molecule has 1 aliphatic rings. The summed E-state index contributed by atoms with van der Waals surface area (Å²) in [4.78, 5) is 154. The van der Waals surface area contributed by atoms with Crippen molar-refractivity contribution >= 4 is 65.7 Å². The number of carboxylic acids is 1. The average molecular weight is 1580 g/mol. The van der Waals surface area contributed by atoms with Gasteiger partial charge in [-0.05, 0) is 110 Å². The summed E-state index contributed by atoms with van der Waals surface area (Å²) in [6.07, 6.45) is -26.3. The molecular formula is C87H88O28. The maximum absolute atomic E-state index is 14.8. The van der Waals surface area contributed by atoms with Gasteiger partial charge in [0.15, 0.2) is 55.5 Å². The maximum atomic E-state index is 14.8. The average Bonchev–Trinajstić information content (AvgIpc) is 0.774. The van der Waals surface area contributed by atoms with Gasteiger partial charge in [0.05, 0.1) is 64.3 Å². The molecule has 0 radical (unpaired) electrons. The van der Waals surface area contributed by atoms with Gasteiger partial charge in [0.2, 0.25) is 0 Å². The SMILES string of the molecule is CC(=O)OC1C(COC(O)C(OC(=O)c2ccccc2)C(OC(=O)c2ccccc2)C(CCOC(=O)c2ccccc2)OC(=O)c2ccccc2)OC(OCCCCCCCCC(=O)O)C(OC(C)=O)C1OC(O)C(OC(=O)c1ccccc1)C(OC(=O)c1ccccc1)C(CCOC(=O)c1ccccc1)OC(=O)c1ccccc1. The molecule has 604 valence electrons. The Balaban J connectivity index is 1.15. The predicted octanol–water partition coefficient (Wildman–Crippen LogP) is 11.3. The van der Waals surface area contributed by atoms with Gasteiger partial charge in [0.1, 0.15) is 24.4 Å². The fourth-order valence-corrected chi connectivity index (χ4v) is 12.1. The Labute approximate surface area is 662 Å². The molecule has 9 rings (SSSR count). The van der Waals surface area contributed by atoms with E-state index in [4.69, 9.17) is 66.3 Å². The summed E-state index contributed by atoms with van der Waals surface area (Å²) < 4.78 is 86.5. The molecule has 13 unspecified atom stereocenters. The lowest BCUT2D eigenvalue weighted by Crippen LogP contribution is -2.64. The lowest BCUT2D eigenvalue weighted by atomic mass is 9.97. The quantitative estimate of drug-likeness (QED) is 0.0138. The summed E-state index contributed by atoms with van der Waals surface area (Å²) in [6, 6.07) is 59.8. The van der Waals surface area contributed by atoms with E-state index in [1.54, 1.807) is 72.8 Å². The number of aliphatic hydroxyl groups excluding tert-OH is 2. The minimum Gasteiger partial charge on any atom is -0.481 e. The fraction of sp³-hybridized carbons (Fsp3) is 0.322. The second kappa shape index (κ2) is 45.4. The molecule has 1 saturated heterocycles. The summed E-state index contributed by atoms with van der Waals surface area (Å²) in [5.74, 6) is -11.6. The van der Waals surface area contributed by atoms with Gasteiger partial charge in [-0.3, -0.25) is 14.4 Å². The van der Waals surface area contributed by atoms with Crippen molar-refractivity contribution in [1.82, 2.24) is 0 Å². The monoisotopic (exact) mass is 1580 g/mol. The number of hydrogen-bond acceptors (Lipinski definition) is 27. The summed E-state index contributed by atoms with van der Waals surface area (Å²) in [6.45, 7) is -0.533. The number of benzene rings is 8. The minimum absolute atomic E-state index is 0.0289. The van der Waals surface area contributed by atoms with Gasteiger partial charge in [-0.25, -0.2) is 38.4 Å². The molecule has 3 N–H and O–H groups in total. The molecule has 8 aromatic carbocycles. The number of carbonyl (C=O) groups excluding carboxylic acids is 10. The van der Waals surface area contributed by atoms with E-state index >= 15 is 0 Å². The molecule has 0 spiro atoms. The summed E-state index contributed by atoms with van der Waals surface area (Å²) in [5.41, 5.74) is -0.341. The largest absolute Gasteiger partial charge is 0.481 e. The van der Waals surface area contributed by atoms with Crippen molar-refractivity contribution in [2.24, 2.45) is 0 Å². The topological polar surface area (TPSA) is 378 Å². The number of carbonyl (C=O) groups is 11. The number of esters is 10. The van der Waals surface area contributed by atoms with Crippen LogP contribution >= 0.6 is 0 Å². The molecule has 1 aliphatic heterocycles. The van der Waals surface area contributed by atoms with Gasteiger partial charge in [-0.2, -0.15) is 0 Å². The molecule has 115 heavy (non-hydrogen) atoms. The van der Waals surface area contributed by atoms with Crippen molar-refractivity contribution in [2.45, 2.75) is 152 Å². The molecule has 13 atom stereocenters. The van der Waals surface area contributed by atoms with E-state index in [-0.39, 0.29) is 64.0 Å². The van der Waals surface area contributed by atoms with E-state index in [9.17, 15) is 68.1 Å². The van der Waals surface area contributed by atoms with Crippen LogP contribution in [-0.4, -0.2) is 187 Å². The third-order valence-electron chi connectivity index (χ3n) is 17.8. The zero-order chi connectivity index (χ0) is 81.9. The zero-order valence-electron chi connectivity index (χ0n) is 62.8. The Morgan fingerprint density at radius 3 is 0.974 bits per heavy atom. The van der Waals surface area contributed by atoms with Crippen LogP contribution in [0.3, 0.4) is 0 Å². The molecule has 0 saturated carbocycles. The highest BCUT2D eigenvalue weighted by molar-refractivity contribution is 5.93. The van der Waals surface area contributed by atoms with Gasteiger partial charge >= 0.3 is 65.7 Å². The molecule has 28 nitrogen and oxygen atoms in total. The fourth-order valence-electron chi connectivity index (χ4n) is 12.1. The molecule has 28 heteroatoms. The minimum atomic E-state index is -2.75. The normalized spacial score (nSPS) is 17.1. The molecule has 8 aromatic rings. The van der Waals surface area contributed by atoms with Crippen molar-refractivity contribution in [3.05, 3.63) is 287 Å². The number of aliphatic hydroxyl groups is 2. The van der Waals surface area contributed by atoms with Gasteiger partial charge < -0.3 is 81.6 Å². The molecule has 1 heterocycles. The van der Waals surface area contributed by atoms with Crippen LogP contribution in [0.4, 0.5) is 0 Å². The highest BCUT2D eigenvalue weighted by Gasteiger charge is 2.55. The van der Waals surface area contributed by atoms with E-state index in [2.05, 4.69) is 0 Å². The Bertz CT molecular complexity index is 4410. The second-order valence-corrected chi connectivity index (χ2v) is 26.2. The zero-order valence-corrected chi connectivity index (χ0v) is 62.8. The van der Waals surface area contributed by atoms with Crippen LogP contribution < -0.4 is 0 Å². The number of rotatable bonds is 43.